The standard InChI is InChI=1S/C15H23Cl/c1-5-11(3)13-7-8-15(12(4)6-2)14(9-13)10-16/h7-9,11-12H,5-6,10H2,1-4H3. The second-order valence-corrected chi connectivity index (χ2v) is 4.98. The van der Waals surface area contributed by atoms with E-state index in [1.807, 2.05) is 0 Å². The van der Waals surface area contributed by atoms with Gasteiger partial charge in [0.15, 0.2) is 0 Å². The van der Waals surface area contributed by atoms with Crippen molar-refractivity contribution < 1.29 is 0 Å². The first-order valence-corrected chi connectivity index (χ1v) is 6.86. The summed E-state index contributed by atoms with van der Waals surface area (Å²) in [6.45, 7) is 9.00. The van der Waals surface area contributed by atoms with Gasteiger partial charge in [-0.15, -0.1) is 11.6 Å². The highest BCUT2D eigenvalue weighted by Gasteiger charge is 2.11. The Balaban J connectivity index is 3.06. The molecule has 1 rings (SSSR count). The van der Waals surface area contributed by atoms with Gasteiger partial charge in [0.05, 0.1) is 0 Å². The van der Waals surface area contributed by atoms with Crippen molar-refractivity contribution in [3.05, 3.63) is 34.9 Å². The monoisotopic (exact) mass is 238 g/mol. The van der Waals surface area contributed by atoms with Gasteiger partial charge in [-0.1, -0.05) is 45.9 Å². The minimum Gasteiger partial charge on any atom is -0.122 e. The predicted molar refractivity (Wildman–Crippen MR) is 73.4 cm³/mol. The third kappa shape index (κ3) is 3.01. The van der Waals surface area contributed by atoms with Crippen molar-refractivity contribution in [3.8, 4) is 0 Å². The molecule has 2 unspecified atom stereocenters. The van der Waals surface area contributed by atoms with Gasteiger partial charge >= 0.3 is 0 Å². The average molecular weight is 239 g/mol. The minimum atomic E-state index is 0.611. The zero-order valence-corrected chi connectivity index (χ0v) is 11.6. The highest BCUT2D eigenvalue weighted by molar-refractivity contribution is 6.17. The molecule has 0 saturated carbocycles. The molecule has 16 heavy (non-hydrogen) atoms. The topological polar surface area (TPSA) is 0 Å². The van der Waals surface area contributed by atoms with Gasteiger partial charge < -0.3 is 0 Å². The molecule has 0 aliphatic heterocycles. The summed E-state index contributed by atoms with van der Waals surface area (Å²) in [4.78, 5) is 0. The van der Waals surface area contributed by atoms with Crippen LogP contribution in [0.1, 0.15) is 69.1 Å². The van der Waals surface area contributed by atoms with Crippen LogP contribution in [0.5, 0.6) is 0 Å². The Kier molecular flexibility index (Phi) is 5.34. The molecule has 0 radical (unpaired) electrons. The minimum absolute atomic E-state index is 0.611. The van der Waals surface area contributed by atoms with Crippen molar-refractivity contribution in [2.75, 3.05) is 0 Å². The smallest absolute Gasteiger partial charge is 0.0477 e. The average Bonchev–Trinajstić information content (AvgIpc) is 2.35. The van der Waals surface area contributed by atoms with Gasteiger partial charge in [-0.3, -0.25) is 0 Å². The van der Waals surface area contributed by atoms with E-state index in [9.17, 15) is 0 Å². The maximum absolute atomic E-state index is 6.05. The zero-order chi connectivity index (χ0) is 12.1. The first kappa shape index (κ1) is 13.6. The van der Waals surface area contributed by atoms with Gasteiger partial charge in [-0.2, -0.15) is 0 Å². The Morgan fingerprint density at radius 1 is 1.06 bits per heavy atom. The third-order valence-corrected chi connectivity index (χ3v) is 3.92. The maximum Gasteiger partial charge on any atom is 0.0477 e. The molecule has 0 aromatic heterocycles. The normalized spacial score (nSPS) is 14.8. The van der Waals surface area contributed by atoms with E-state index in [-0.39, 0.29) is 0 Å². The summed E-state index contributed by atoms with van der Waals surface area (Å²) in [6, 6.07) is 6.84. The lowest BCUT2D eigenvalue weighted by molar-refractivity contribution is 0.713. The van der Waals surface area contributed by atoms with Gasteiger partial charge in [0.25, 0.3) is 0 Å². The summed E-state index contributed by atoms with van der Waals surface area (Å²) < 4.78 is 0. The Morgan fingerprint density at radius 2 is 1.69 bits per heavy atom. The lowest BCUT2D eigenvalue weighted by atomic mass is 9.89. The second kappa shape index (κ2) is 6.30. The Hall–Kier alpha value is -0.490. The van der Waals surface area contributed by atoms with Crippen molar-refractivity contribution in [2.45, 2.75) is 58.3 Å². The van der Waals surface area contributed by atoms with E-state index in [4.69, 9.17) is 11.6 Å². The van der Waals surface area contributed by atoms with Gasteiger partial charge in [0.2, 0.25) is 0 Å². The largest absolute Gasteiger partial charge is 0.122 e. The first-order valence-electron chi connectivity index (χ1n) is 6.32. The van der Waals surface area contributed by atoms with Crippen LogP contribution in [0.3, 0.4) is 0 Å². The third-order valence-electron chi connectivity index (χ3n) is 3.64. The fraction of sp³-hybridized carbons (Fsp3) is 0.600. The van der Waals surface area contributed by atoms with Crippen LogP contribution in [0.25, 0.3) is 0 Å². The molecule has 0 aliphatic carbocycles. The van der Waals surface area contributed by atoms with Crippen LogP contribution in [-0.2, 0) is 5.88 Å². The van der Waals surface area contributed by atoms with E-state index in [1.165, 1.54) is 29.5 Å². The molecule has 90 valence electrons. The van der Waals surface area contributed by atoms with Crippen molar-refractivity contribution in [3.63, 3.8) is 0 Å². The molecular weight excluding hydrogens is 216 g/mol. The number of benzene rings is 1. The quantitative estimate of drug-likeness (QED) is 0.598. The molecule has 1 aromatic carbocycles. The summed E-state index contributed by atoms with van der Waals surface area (Å²) in [5.74, 6) is 1.87. The van der Waals surface area contributed by atoms with Gasteiger partial charge in [0, 0.05) is 5.88 Å². The highest BCUT2D eigenvalue weighted by Crippen LogP contribution is 2.28. The number of hydrogen-bond donors (Lipinski definition) is 0. The van der Waals surface area contributed by atoms with Crippen LogP contribution in [0.2, 0.25) is 0 Å². The van der Waals surface area contributed by atoms with E-state index in [0.29, 0.717) is 17.7 Å². The molecule has 1 heteroatoms. The summed E-state index contributed by atoms with van der Waals surface area (Å²) in [5, 5.41) is 0. The molecule has 0 bridgehead atoms. The zero-order valence-electron chi connectivity index (χ0n) is 10.9. The summed E-state index contributed by atoms with van der Waals surface area (Å²) in [6.07, 6.45) is 2.36. The Bertz CT molecular complexity index is 330. The molecule has 0 spiro atoms. The first-order chi connectivity index (χ1) is 7.63. The molecule has 0 nitrogen and oxygen atoms in total. The van der Waals surface area contributed by atoms with Crippen LogP contribution in [0, 0.1) is 0 Å². The van der Waals surface area contributed by atoms with E-state index in [2.05, 4.69) is 45.9 Å². The fourth-order valence-corrected chi connectivity index (χ4v) is 2.22. The van der Waals surface area contributed by atoms with Crippen LogP contribution >= 0.6 is 11.6 Å². The van der Waals surface area contributed by atoms with Crippen LogP contribution in [0.15, 0.2) is 18.2 Å². The molecule has 0 heterocycles. The molecule has 0 aliphatic rings. The molecule has 0 saturated heterocycles. The SMILES string of the molecule is CCC(C)c1ccc(C(C)CC)c(CCl)c1. The molecule has 0 fully saturated rings. The molecule has 2 atom stereocenters. The summed E-state index contributed by atoms with van der Waals surface area (Å²) in [5.41, 5.74) is 4.16. The van der Waals surface area contributed by atoms with Crippen molar-refractivity contribution >= 4 is 11.6 Å². The van der Waals surface area contributed by atoms with Gasteiger partial charge in [0.1, 0.15) is 0 Å². The van der Waals surface area contributed by atoms with Crippen LogP contribution in [-0.4, -0.2) is 0 Å². The number of alkyl halides is 1. The summed E-state index contributed by atoms with van der Waals surface area (Å²) >= 11 is 6.05. The van der Waals surface area contributed by atoms with E-state index in [1.54, 1.807) is 0 Å². The second-order valence-electron chi connectivity index (χ2n) is 4.71. The Morgan fingerprint density at radius 3 is 2.19 bits per heavy atom. The molecular formula is C15H23Cl. The van der Waals surface area contributed by atoms with Crippen LogP contribution < -0.4 is 0 Å². The molecule has 0 amide bonds. The lowest BCUT2D eigenvalue weighted by Crippen LogP contribution is -2.00. The number of halogens is 1. The fourth-order valence-electron chi connectivity index (χ4n) is 1.98. The van der Waals surface area contributed by atoms with Crippen molar-refractivity contribution in [1.29, 1.82) is 0 Å². The van der Waals surface area contributed by atoms with E-state index in [0.717, 1.165) is 0 Å². The van der Waals surface area contributed by atoms with Gasteiger partial charge in [-0.05, 0) is 41.4 Å². The number of rotatable bonds is 5. The van der Waals surface area contributed by atoms with Crippen molar-refractivity contribution in [1.82, 2.24) is 0 Å². The lowest BCUT2D eigenvalue weighted by Gasteiger charge is -2.17. The number of hydrogen-bond acceptors (Lipinski definition) is 0. The highest BCUT2D eigenvalue weighted by atomic mass is 35.5. The maximum atomic E-state index is 6.05. The van der Waals surface area contributed by atoms with Crippen molar-refractivity contribution in [2.24, 2.45) is 0 Å². The molecule has 0 N–H and O–H groups in total. The Labute approximate surface area is 105 Å². The van der Waals surface area contributed by atoms with E-state index < -0.39 is 0 Å². The predicted octanol–water partition coefficient (Wildman–Crippen LogP) is 5.45. The van der Waals surface area contributed by atoms with Crippen LogP contribution in [0.4, 0.5) is 0 Å². The summed E-state index contributed by atoms with van der Waals surface area (Å²) in [7, 11) is 0. The van der Waals surface area contributed by atoms with Gasteiger partial charge in [-0.25, -0.2) is 0 Å². The van der Waals surface area contributed by atoms with E-state index >= 15 is 0 Å². The molecule has 1 aromatic rings.